The molecule has 1 aromatic carbocycles. The summed E-state index contributed by atoms with van der Waals surface area (Å²) >= 11 is 0. The van der Waals surface area contributed by atoms with Gasteiger partial charge in [0.05, 0.1) is 31.4 Å². The van der Waals surface area contributed by atoms with Crippen LogP contribution >= 0.6 is 0 Å². The van der Waals surface area contributed by atoms with Gasteiger partial charge in [-0.1, -0.05) is 31.4 Å². The van der Waals surface area contributed by atoms with Crippen LogP contribution in [0.1, 0.15) is 43.4 Å². The topological polar surface area (TPSA) is 69.0 Å². The average Bonchev–Trinajstić information content (AvgIpc) is 3.21. The van der Waals surface area contributed by atoms with E-state index in [9.17, 15) is 4.79 Å². The summed E-state index contributed by atoms with van der Waals surface area (Å²) < 4.78 is 13.1. The maximum absolute atomic E-state index is 14.1. The number of carbonyl (C=O) groups is 1. The third-order valence-electron chi connectivity index (χ3n) is 7.19. The molecule has 0 N–H and O–H groups in total. The van der Waals surface area contributed by atoms with E-state index < -0.39 is 5.41 Å². The second-order valence-corrected chi connectivity index (χ2v) is 9.32. The lowest BCUT2D eigenvalue weighted by Gasteiger charge is -2.40. The number of carbonyl (C=O) groups excluding carboxylic acids is 1. The normalized spacial score (nSPS) is 21.0. The Morgan fingerprint density at radius 3 is 2.76 bits per heavy atom. The van der Waals surface area contributed by atoms with Gasteiger partial charge in [-0.3, -0.25) is 4.79 Å². The van der Waals surface area contributed by atoms with E-state index in [0.29, 0.717) is 26.3 Å². The number of hydrogen-bond donors (Lipinski definition) is 0. The zero-order chi connectivity index (χ0) is 22.7. The minimum atomic E-state index is -0.451. The lowest BCUT2D eigenvalue weighted by molar-refractivity contribution is -0.139. The van der Waals surface area contributed by atoms with E-state index >= 15 is 0 Å². The molecule has 1 atom stereocenters. The third-order valence-corrected chi connectivity index (χ3v) is 7.19. The van der Waals surface area contributed by atoms with E-state index in [0.717, 1.165) is 54.8 Å². The molecule has 2 aliphatic rings. The van der Waals surface area contributed by atoms with Crippen molar-refractivity contribution >= 4 is 11.6 Å². The van der Waals surface area contributed by atoms with Crippen molar-refractivity contribution in [2.24, 2.45) is 5.92 Å². The molecule has 7 nitrogen and oxygen atoms in total. The van der Waals surface area contributed by atoms with Gasteiger partial charge in [0, 0.05) is 31.4 Å². The average molecular weight is 449 g/mol. The summed E-state index contributed by atoms with van der Waals surface area (Å²) in [5, 5.41) is 4.68. The fourth-order valence-electron chi connectivity index (χ4n) is 5.44. The zero-order valence-corrected chi connectivity index (χ0v) is 19.3. The van der Waals surface area contributed by atoms with Crippen LogP contribution in [0, 0.1) is 5.92 Å². The van der Waals surface area contributed by atoms with Gasteiger partial charge >= 0.3 is 0 Å². The van der Waals surface area contributed by atoms with Crippen LogP contribution in [-0.4, -0.2) is 58.8 Å². The van der Waals surface area contributed by atoms with Crippen molar-refractivity contribution in [3.05, 3.63) is 60.0 Å². The Balaban J connectivity index is 1.37. The molecule has 1 saturated heterocycles. The lowest BCUT2D eigenvalue weighted by Crippen LogP contribution is -2.50. The highest BCUT2D eigenvalue weighted by molar-refractivity contribution is 5.88. The lowest BCUT2D eigenvalue weighted by atomic mass is 9.68. The maximum atomic E-state index is 14.1. The van der Waals surface area contributed by atoms with E-state index in [2.05, 4.69) is 27.1 Å². The van der Waals surface area contributed by atoms with Crippen LogP contribution in [0.15, 0.2) is 48.8 Å². The smallest absolute Gasteiger partial charge is 0.233 e. The van der Waals surface area contributed by atoms with Gasteiger partial charge in [0.2, 0.25) is 5.91 Å². The number of nitrogens with zero attached hydrogens (tertiary/aromatic N) is 4. The summed E-state index contributed by atoms with van der Waals surface area (Å²) in [6.45, 7) is 2.56. The van der Waals surface area contributed by atoms with Crippen molar-refractivity contribution in [2.45, 2.75) is 43.9 Å². The second-order valence-electron chi connectivity index (χ2n) is 9.32. The van der Waals surface area contributed by atoms with Gasteiger partial charge in [-0.05, 0) is 49.1 Å². The van der Waals surface area contributed by atoms with Crippen LogP contribution < -0.4 is 4.74 Å². The van der Waals surface area contributed by atoms with Crippen LogP contribution in [0.3, 0.4) is 0 Å². The molecular weight excluding hydrogens is 416 g/mol. The molecule has 2 aromatic heterocycles. The molecule has 1 aliphatic heterocycles. The first kappa shape index (κ1) is 21.9. The molecule has 0 spiro atoms. The predicted molar refractivity (Wildman–Crippen MR) is 125 cm³/mol. The second kappa shape index (κ2) is 9.51. The van der Waals surface area contributed by atoms with E-state index in [1.54, 1.807) is 17.8 Å². The number of imidazole rings is 1. The first-order chi connectivity index (χ1) is 16.2. The molecule has 1 amide bonds. The molecule has 7 heteroatoms. The Morgan fingerprint density at radius 2 is 1.97 bits per heavy atom. The van der Waals surface area contributed by atoms with Gasteiger partial charge < -0.3 is 14.4 Å². The minimum absolute atomic E-state index is 0.210. The highest BCUT2D eigenvalue weighted by Crippen LogP contribution is 2.42. The summed E-state index contributed by atoms with van der Waals surface area (Å²) in [5.41, 5.74) is 2.49. The van der Waals surface area contributed by atoms with Gasteiger partial charge in [0.15, 0.2) is 5.65 Å². The van der Waals surface area contributed by atoms with Crippen molar-refractivity contribution in [1.82, 2.24) is 19.5 Å². The fraction of sp³-hybridized carbons (Fsp3) is 0.500. The summed E-state index contributed by atoms with van der Waals surface area (Å²) in [5.74, 6) is 1.28. The Labute approximate surface area is 194 Å². The number of hydrogen-bond acceptors (Lipinski definition) is 5. The Hall–Kier alpha value is -2.93. The Kier molecular flexibility index (Phi) is 6.31. The molecule has 1 saturated carbocycles. The quantitative estimate of drug-likeness (QED) is 0.596. The molecule has 1 unspecified atom stereocenters. The van der Waals surface area contributed by atoms with Crippen LogP contribution in [0.5, 0.6) is 5.75 Å². The maximum Gasteiger partial charge on any atom is 0.233 e. The standard InChI is InChI=1S/C26H32N4O3/c1-32-23-8-5-21(6-9-23)26(11-3-2-4-12-26)25(31)29-15-16-33-19-20(18-29)17-22-7-10-24-27-13-14-30(24)28-22/h5-10,13-14,20H,2-4,11-12,15-19H2,1H3. The predicted octanol–water partition coefficient (Wildman–Crippen LogP) is 3.66. The van der Waals surface area contributed by atoms with Crippen molar-refractivity contribution in [3.8, 4) is 5.75 Å². The molecular formula is C26H32N4O3. The van der Waals surface area contributed by atoms with Gasteiger partial charge in [0.1, 0.15) is 5.75 Å². The summed E-state index contributed by atoms with van der Waals surface area (Å²) in [7, 11) is 1.67. The zero-order valence-electron chi connectivity index (χ0n) is 19.3. The van der Waals surface area contributed by atoms with E-state index in [4.69, 9.17) is 9.47 Å². The molecule has 33 heavy (non-hydrogen) atoms. The number of benzene rings is 1. The largest absolute Gasteiger partial charge is 0.497 e. The molecule has 3 heterocycles. The summed E-state index contributed by atoms with van der Waals surface area (Å²) in [6.07, 6.45) is 9.55. The highest BCUT2D eigenvalue weighted by atomic mass is 16.5. The number of fused-ring (bicyclic) bond motifs is 1. The first-order valence-electron chi connectivity index (χ1n) is 12.0. The highest BCUT2D eigenvalue weighted by Gasteiger charge is 2.44. The van der Waals surface area contributed by atoms with Gasteiger partial charge in [-0.25, -0.2) is 9.50 Å². The van der Waals surface area contributed by atoms with Crippen LogP contribution in [0.4, 0.5) is 0 Å². The monoisotopic (exact) mass is 448 g/mol. The van der Waals surface area contributed by atoms with Crippen LogP contribution in [-0.2, 0) is 21.4 Å². The van der Waals surface area contributed by atoms with Crippen molar-refractivity contribution in [1.29, 1.82) is 0 Å². The molecule has 0 bridgehead atoms. The van der Waals surface area contributed by atoms with E-state index in [1.807, 2.05) is 30.5 Å². The van der Waals surface area contributed by atoms with Crippen molar-refractivity contribution < 1.29 is 14.3 Å². The van der Waals surface area contributed by atoms with Crippen LogP contribution in [0.2, 0.25) is 0 Å². The summed E-state index contributed by atoms with van der Waals surface area (Å²) in [4.78, 5) is 20.5. The molecule has 1 aliphatic carbocycles. The molecule has 5 rings (SSSR count). The van der Waals surface area contributed by atoms with Crippen molar-refractivity contribution in [3.63, 3.8) is 0 Å². The van der Waals surface area contributed by atoms with Gasteiger partial charge in [-0.2, -0.15) is 5.10 Å². The Morgan fingerprint density at radius 1 is 1.15 bits per heavy atom. The molecule has 0 radical (unpaired) electrons. The molecule has 2 fully saturated rings. The summed E-state index contributed by atoms with van der Waals surface area (Å²) in [6, 6.07) is 12.1. The number of amides is 1. The number of ether oxygens (including phenoxy) is 2. The minimum Gasteiger partial charge on any atom is -0.497 e. The third kappa shape index (κ3) is 4.47. The number of aromatic nitrogens is 3. The van der Waals surface area contributed by atoms with Crippen molar-refractivity contribution in [2.75, 3.05) is 33.4 Å². The Bertz CT molecular complexity index is 1090. The number of rotatable bonds is 5. The first-order valence-corrected chi connectivity index (χ1v) is 12.0. The van der Waals surface area contributed by atoms with E-state index in [1.165, 1.54) is 6.42 Å². The fourth-order valence-corrected chi connectivity index (χ4v) is 5.44. The van der Waals surface area contributed by atoms with Gasteiger partial charge in [-0.15, -0.1) is 0 Å². The van der Waals surface area contributed by atoms with Crippen LogP contribution in [0.25, 0.3) is 5.65 Å². The molecule has 174 valence electrons. The van der Waals surface area contributed by atoms with Gasteiger partial charge in [0.25, 0.3) is 0 Å². The molecule has 3 aromatic rings. The number of methoxy groups -OCH3 is 1. The SMILES string of the molecule is COc1ccc(C2(C(=O)N3CCOCC(Cc4ccc5nccn5n4)C3)CCCCC2)cc1. The van der Waals surface area contributed by atoms with E-state index in [-0.39, 0.29) is 11.8 Å².